The van der Waals surface area contributed by atoms with Crippen LogP contribution in [0, 0.1) is 5.41 Å². The van der Waals surface area contributed by atoms with Gasteiger partial charge in [-0.25, -0.2) is 0 Å². The number of hydrogen-bond donors (Lipinski definition) is 3. The van der Waals surface area contributed by atoms with Crippen molar-refractivity contribution in [2.45, 2.75) is 25.7 Å². The molecule has 0 atom stereocenters. The number of halogens is 1. The first-order valence-corrected chi connectivity index (χ1v) is 7.46. The molecule has 0 bridgehead atoms. The van der Waals surface area contributed by atoms with E-state index in [4.69, 9.17) is 15.7 Å². The number of carbonyl (C=O) groups is 1. The number of ether oxygens (including phenoxy) is 1. The second-order valence-electron chi connectivity index (χ2n) is 5.07. The van der Waals surface area contributed by atoms with Crippen molar-refractivity contribution < 1.29 is 14.7 Å². The molecule has 1 fully saturated rings. The Morgan fingerprint density at radius 2 is 2.14 bits per heavy atom. The Labute approximate surface area is 131 Å². The first-order valence-electron chi connectivity index (χ1n) is 6.66. The summed E-state index contributed by atoms with van der Waals surface area (Å²) in [6.07, 6.45) is 2.90. The fourth-order valence-electron chi connectivity index (χ4n) is 2.69. The average Bonchev–Trinajstić information content (AvgIpc) is 2.97. The number of nitrogens with two attached hydrogens (primary N) is 1. The lowest BCUT2D eigenvalue weighted by atomic mass is 9.83. The summed E-state index contributed by atoms with van der Waals surface area (Å²) in [6, 6.07) is 5.33. The minimum absolute atomic E-state index is 0.0357. The number of amidine groups is 1. The van der Waals surface area contributed by atoms with Crippen molar-refractivity contribution in [2.75, 3.05) is 12.4 Å². The van der Waals surface area contributed by atoms with Crippen molar-refractivity contribution in [3.8, 4) is 5.75 Å². The minimum atomic E-state index is -0.942. The molecular weight excluding hydrogens is 338 g/mol. The molecule has 1 aliphatic rings. The molecule has 0 heterocycles. The lowest BCUT2D eigenvalue weighted by Gasteiger charge is -2.26. The monoisotopic (exact) mass is 355 g/mol. The van der Waals surface area contributed by atoms with Crippen LogP contribution in [0.1, 0.15) is 25.7 Å². The molecule has 7 heteroatoms. The second kappa shape index (κ2) is 6.34. The fraction of sp³-hybridized carbons (Fsp3) is 0.429. The molecular formula is C14H18BrN3O3. The van der Waals surface area contributed by atoms with E-state index in [9.17, 15) is 4.79 Å². The van der Waals surface area contributed by atoms with Gasteiger partial charge in [-0.2, -0.15) is 0 Å². The van der Waals surface area contributed by atoms with Gasteiger partial charge in [-0.05, 0) is 31.0 Å². The SMILES string of the molecule is COc1ccc(Br)cc1NC(=O)C1(C(N)=NO)CCCC1. The van der Waals surface area contributed by atoms with Crippen molar-refractivity contribution in [1.29, 1.82) is 0 Å². The molecule has 0 radical (unpaired) electrons. The predicted octanol–water partition coefficient (Wildman–Crippen LogP) is 2.70. The summed E-state index contributed by atoms with van der Waals surface area (Å²) >= 11 is 3.36. The van der Waals surface area contributed by atoms with E-state index in [2.05, 4.69) is 26.4 Å². The van der Waals surface area contributed by atoms with Crippen molar-refractivity contribution in [3.63, 3.8) is 0 Å². The van der Waals surface area contributed by atoms with Gasteiger partial charge in [0.15, 0.2) is 5.84 Å². The predicted molar refractivity (Wildman–Crippen MR) is 83.6 cm³/mol. The number of amides is 1. The van der Waals surface area contributed by atoms with Gasteiger partial charge in [0.05, 0.1) is 12.8 Å². The first kappa shape index (κ1) is 15.6. The van der Waals surface area contributed by atoms with Gasteiger partial charge in [-0.1, -0.05) is 33.9 Å². The van der Waals surface area contributed by atoms with E-state index in [0.29, 0.717) is 24.3 Å². The summed E-state index contributed by atoms with van der Waals surface area (Å²) in [5.74, 6) is 0.248. The van der Waals surface area contributed by atoms with Gasteiger partial charge in [-0.15, -0.1) is 0 Å². The maximum atomic E-state index is 12.7. The Balaban J connectivity index is 2.30. The molecule has 1 aliphatic carbocycles. The third-order valence-electron chi connectivity index (χ3n) is 3.90. The van der Waals surface area contributed by atoms with Crippen LogP contribution in [-0.4, -0.2) is 24.1 Å². The highest BCUT2D eigenvalue weighted by molar-refractivity contribution is 9.10. The summed E-state index contributed by atoms with van der Waals surface area (Å²) in [4.78, 5) is 12.7. The zero-order chi connectivity index (χ0) is 15.5. The van der Waals surface area contributed by atoms with Crippen LogP contribution in [0.3, 0.4) is 0 Å². The molecule has 1 aromatic rings. The highest BCUT2D eigenvalue weighted by Crippen LogP contribution is 2.40. The highest BCUT2D eigenvalue weighted by Gasteiger charge is 2.45. The number of methoxy groups -OCH3 is 1. The zero-order valence-electron chi connectivity index (χ0n) is 11.7. The number of nitrogens with one attached hydrogen (secondary N) is 1. The van der Waals surface area contributed by atoms with Gasteiger partial charge < -0.3 is 21.0 Å². The smallest absolute Gasteiger partial charge is 0.238 e. The maximum Gasteiger partial charge on any atom is 0.238 e. The second-order valence-corrected chi connectivity index (χ2v) is 5.99. The van der Waals surface area contributed by atoms with Crippen LogP contribution in [0.5, 0.6) is 5.75 Å². The van der Waals surface area contributed by atoms with E-state index < -0.39 is 5.41 Å². The average molecular weight is 356 g/mol. The lowest BCUT2D eigenvalue weighted by molar-refractivity contribution is -0.122. The molecule has 114 valence electrons. The number of benzene rings is 1. The summed E-state index contributed by atoms with van der Waals surface area (Å²) in [7, 11) is 1.54. The summed E-state index contributed by atoms with van der Waals surface area (Å²) in [6.45, 7) is 0. The summed E-state index contributed by atoms with van der Waals surface area (Å²) in [5, 5.41) is 14.9. The van der Waals surface area contributed by atoms with Crippen LogP contribution >= 0.6 is 15.9 Å². The fourth-order valence-corrected chi connectivity index (χ4v) is 3.05. The van der Waals surface area contributed by atoms with Crippen molar-refractivity contribution in [1.82, 2.24) is 0 Å². The van der Waals surface area contributed by atoms with Gasteiger partial charge in [0.2, 0.25) is 5.91 Å². The van der Waals surface area contributed by atoms with Gasteiger partial charge in [-0.3, -0.25) is 4.79 Å². The maximum absolute atomic E-state index is 12.7. The van der Waals surface area contributed by atoms with Crippen molar-refractivity contribution in [2.24, 2.45) is 16.3 Å². The van der Waals surface area contributed by atoms with Crippen LogP contribution in [0.2, 0.25) is 0 Å². The quantitative estimate of drug-likeness (QED) is 0.334. The third-order valence-corrected chi connectivity index (χ3v) is 4.39. The Hall–Kier alpha value is -1.76. The number of oxime groups is 1. The number of hydrogen-bond acceptors (Lipinski definition) is 4. The molecule has 0 unspecified atom stereocenters. The molecule has 0 saturated heterocycles. The molecule has 0 aromatic heterocycles. The normalized spacial score (nSPS) is 17.5. The summed E-state index contributed by atoms with van der Waals surface area (Å²) < 4.78 is 6.06. The molecule has 1 aromatic carbocycles. The van der Waals surface area contributed by atoms with Gasteiger partial charge in [0.25, 0.3) is 0 Å². The van der Waals surface area contributed by atoms with Crippen molar-refractivity contribution in [3.05, 3.63) is 22.7 Å². The molecule has 6 nitrogen and oxygen atoms in total. The Bertz CT molecular complexity index is 569. The largest absolute Gasteiger partial charge is 0.495 e. The standard InChI is InChI=1S/C14H18BrN3O3/c1-21-11-5-4-9(15)8-10(11)17-13(19)14(12(16)18-20)6-2-3-7-14/h4-5,8,20H,2-3,6-7H2,1H3,(H2,16,18)(H,17,19). The molecule has 4 N–H and O–H groups in total. The van der Waals surface area contributed by atoms with Gasteiger partial charge in [0, 0.05) is 4.47 Å². The topological polar surface area (TPSA) is 96.9 Å². The van der Waals surface area contributed by atoms with Crippen LogP contribution < -0.4 is 15.8 Å². The van der Waals surface area contributed by atoms with Crippen LogP contribution in [-0.2, 0) is 4.79 Å². The molecule has 2 rings (SSSR count). The van der Waals surface area contributed by atoms with E-state index in [1.807, 2.05) is 6.07 Å². The van der Waals surface area contributed by atoms with E-state index in [-0.39, 0.29) is 11.7 Å². The number of carbonyl (C=O) groups excluding carboxylic acids is 1. The van der Waals surface area contributed by atoms with Gasteiger partial charge in [0.1, 0.15) is 11.2 Å². The van der Waals surface area contributed by atoms with Crippen LogP contribution in [0.15, 0.2) is 27.8 Å². The van der Waals surface area contributed by atoms with E-state index in [0.717, 1.165) is 17.3 Å². The zero-order valence-corrected chi connectivity index (χ0v) is 13.3. The first-order chi connectivity index (χ1) is 10.0. The van der Waals surface area contributed by atoms with E-state index in [1.165, 1.54) is 7.11 Å². The molecule has 1 saturated carbocycles. The molecule has 0 aliphatic heterocycles. The Morgan fingerprint density at radius 3 is 2.71 bits per heavy atom. The Kier molecular flexibility index (Phi) is 4.72. The van der Waals surface area contributed by atoms with Gasteiger partial charge >= 0.3 is 0 Å². The van der Waals surface area contributed by atoms with Crippen molar-refractivity contribution >= 4 is 33.4 Å². The van der Waals surface area contributed by atoms with E-state index >= 15 is 0 Å². The summed E-state index contributed by atoms with van der Waals surface area (Å²) in [5.41, 5.74) is 5.37. The highest BCUT2D eigenvalue weighted by atomic mass is 79.9. The minimum Gasteiger partial charge on any atom is -0.495 e. The van der Waals surface area contributed by atoms with Crippen LogP contribution in [0.4, 0.5) is 5.69 Å². The number of anilines is 1. The third kappa shape index (κ3) is 2.97. The molecule has 21 heavy (non-hydrogen) atoms. The molecule has 0 spiro atoms. The van der Waals surface area contributed by atoms with Crippen LogP contribution in [0.25, 0.3) is 0 Å². The lowest BCUT2D eigenvalue weighted by Crippen LogP contribution is -2.45. The molecule has 1 amide bonds. The number of nitrogens with zero attached hydrogens (tertiary/aromatic N) is 1. The van der Waals surface area contributed by atoms with E-state index in [1.54, 1.807) is 12.1 Å². The number of rotatable bonds is 4. The Morgan fingerprint density at radius 1 is 1.48 bits per heavy atom.